The Kier molecular flexibility index (Phi) is 5.61. The summed E-state index contributed by atoms with van der Waals surface area (Å²) in [4.78, 5) is 26.9. The minimum Gasteiger partial charge on any atom is -0.395 e. The van der Waals surface area contributed by atoms with E-state index in [2.05, 4.69) is 4.98 Å². The van der Waals surface area contributed by atoms with Crippen LogP contribution in [0, 0.1) is 10.1 Å². The van der Waals surface area contributed by atoms with Crippen LogP contribution >= 0.6 is 11.6 Å². The topological polar surface area (TPSA) is 117 Å². The van der Waals surface area contributed by atoms with E-state index >= 15 is 0 Å². The van der Waals surface area contributed by atoms with Crippen molar-refractivity contribution in [3.8, 4) is 0 Å². The molecule has 0 aliphatic rings. The van der Waals surface area contributed by atoms with Crippen molar-refractivity contribution in [2.24, 2.45) is 0 Å². The van der Waals surface area contributed by atoms with E-state index in [-0.39, 0.29) is 37.0 Å². The first kappa shape index (κ1) is 15.3. The number of aliphatic hydroxyl groups excluding tert-OH is 2. The molecule has 0 saturated heterocycles. The number of rotatable bonds is 6. The lowest BCUT2D eigenvalue weighted by Crippen LogP contribution is -2.36. The lowest BCUT2D eigenvalue weighted by atomic mass is 10.2. The molecule has 0 spiro atoms. The van der Waals surface area contributed by atoms with Gasteiger partial charge in [0.2, 0.25) is 5.15 Å². The molecule has 0 bridgehead atoms. The highest BCUT2D eigenvalue weighted by Gasteiger charge is 2.27. The van der Waals surface area contributed by atoms with Gasteiger partial charge in [-0.15, -0.1) is 0 Å². The normalized spacial score (nSPS) is 10.3. The third-order valence-corrected chi connectivity index (χ3v) is 2.60. The highest BCUT2D eigenvalue weighted by Crippen LogP contribution is 2.26. The van der Waals surface area contributed by atoms with Gasteiger partial charge in [-0.3, -0.25) is 14.9 Å². The van der Waals surface area contributed by atoms with Gasteiger partial charge in [-0.2, -0.15) is 0 Å². The monoisotopic (exact) mass is 289 g/mol. The van der Waals surface area contributed by atoms with Gasteiger partial charge < -0.3 is 15.1 Å². The molecule has 19 heavy (non-hydrogen) atoms. The van der Waals surface area contributed by atoms with Crippen LogP contribution in [0.15, 0.2) is 12.3 Å². The fourth-order valence-corrected chi connectivity index (χ4v) is 1.73. The second-order valence-corrected chi connectivity index (χ2v) is 3.85. The maximum Gasteiger partial charge on any atom is 0.319 e. The number of aromatic nitrogens is 1. The van der Waals surface area contributed by atoms with Crippen LogP contribution in [0.1, 0.15) is 10.4 Å². The molecule has 8 nitrogen and oxygen atoms in total. The summed E-state index contributed by atoms with van der Waals surface area (Å²) in [6, 6.07) is 1.17. The molecule has 0 saturated carbocycles. The van der Waals surface area contributed by atoms with Gasteiger partial charge in [0.05, 0.1) is 18.1 Å². The van der Waals surface area contributed by atoms with Gasteiger partial charge in [-0.25, -0.2) is 4.98 Å². The predicted octanol–water partition coefficient (Wildman–Crippen LogP) is 0.0700. The molecular formula is C10H12ClN3O5. The van der Waals surface area contributed by atoms with Crippen LogP contribution in [0.5, 0.6) is 0 Å². The predicted molar refractivity (Wildman–Crippen MR) is 66.0 cm³/mol. The quantitative estimate of drug-likeness (QED) is 0.435. The molecule has 104 valence electrons. The summed E-state index contributed by atoms with van der Waals surface area (Å²) >= 11 is 5.60. The Morgan fingerprint density at radius 3 is 2.47 bits per heavy atom. The van der Waals surface area contributed by atoms with E-state index in [4.69, 9.17) is 21.8 Å². The molecule has 0 fully saturated rings. The van der Waals surface area contributed by atoms with E-state index in [0.717, 1.165) is 4.90 Å². The molecule has 1 aromatic rings. The molecule has 2 N–H and O–H groups in total. The summed E-state index contributed by atoms with van der Waals surface area (Å²) in [7, 11) is 0. The van der Waals surface area contributed by atoms with Crippen LogP contribution in [0.25, 0.3) is 0 Å². The molecule has 1 aromatic heterocycles. The smallest absolute Gasteiger partial charge is 0.319 e. The van der Waals surface area contributed by atoms with Crippen molar-refractivity contribution in [3.05, 3.63) is 33.1 Å². The Morgan fingerprint density at radius 2 is 2.00 bits per heavy atom. The number of carbonyl (C=O) groups excluding carboxylic acids is 1. The molecule has 1 rings (SSSR count). The Balaban J connectivity index is 3.17. The average Bonchev–Trinajstić information content (AvgIpc) is 2.37. The second-order valence-electron chi connectivity index (χ2n) is 3.49. The van der Waals surface area contributed by atoms with Gasteiger partial charge >= 0.3 is 5.69 Å². The number of aliphatic hydroxyl groups is 2. The van der Waals surface area contributed by atoms with Crippen molar-refractivity contribution >= 4 is 23.2 Å². The molecule has 0 aliphatic heterocycles. The first-order valence-corrected chi connectivity index (χ1v) is 5.70. The van der Waals surface area contributed by atoms with E-state index in [0.29, 0.717) is 0 Å². The second kappa shape index (κ2) is 6.98. The molecule has 9 heteroatoms. The molecule has 0 atom stereocenters. The lowest BCUT2D eigenvalue weighted by Gasteiger charge is -2.20. The molecule has 1 amide bonds. The molecule has 0 aliphatic carbocycles. The number of pyridine rings is 1. The summed E-state index contributed by atoms with van der Waals surface area (Å²) in [5.41, 5.74) is -0.818. The van der Waals surface area contributed by atoms with Crippen molar-refractivity contribution < 1.29 is 19.9 Å². The van der Waals surface area contributed by atoms with Crippen LogP contribution in [0.3, 0.4) is 0 Å². The van der Waals surface area contributed by atoms with Gasteiger partial charge in [0.1, 0.15) is 5.56 Å². The third-order valence-electron chi connectivity index (χ3n) is 2.32. The summed E-state index contributed by atoms with van der Waals surface area (Å²) < 4.78 is 0. The zero-order chi connectivity index (χ0) is 14.4. The van der Waals surface area contributed by atoms with Gasteiger partial charge in [-0.05, 0) is 6.07 Å². The Hall–Kier alpha value is -1.77. The summed E-state index contributed by atoms with van der Waals surface area (Å²) in [5.74, 6) is -0.695. The van der Waals surface area contributed by atoms with Crippen LogP contribution in [-0.2, 0) is 0 Å². The van der Waals surface area contributed by atoms with Gasteiger partial charge in [0.25, 0.3) is 5.91 Å². The molecule has 1 heterocycles. The SMILES string of the molecule is O=C(c1ccnc(Cl)c1[N+](=O)[O-])N(CCO)CCO. The van der Waals surface area contributed by atoms with Gasteiger partial charge in [0.15, 0.2) is 0 Å². The summed E-state index contributed by atoms with van der Waals surface area (Å²) in [6.07, 6.45) is 1.18. The zero-order valence-electron chi connectivity index (χ0n) is 9.82. The highest BCUT2D eigenvalue weighted by atomic mass is 35.5. The van der Waals surface area contributed by atoms with E-state index in [1.807, 2.05) is 0 Å². The fraction of sp³-hybridized carbons (Fsp3) is 0.400. The average molecular weight is 290 g/mol. The standard InChI is InChI=1S/C10H12ClN3O5/c11-9-8(14(18)19)7(1-2-12-9)10(17)13(3-5-15)4-6-16/h1-2,15-16H,3-6H2. The Bertz CT molecular complexity index is 476. The number of carbonyl (C=O) groups is 1. The van der Waals surface area contributed by atoms with Crippen LogP contribution in [0.2, 0.25) is 5.15 Å². The number of halogens is 1. The van der Waals surface area contributed by atoms with E-state index < -0.39 is 16.5 Å². The summed E-state index contributed by atoms with van der Waals surface area (Å²) in [5, 5.41) is 28.2. The van der Waals surface area contributed by atoms with Crippen molar-refractivity contribution in [2.45, 2.75) is 0 Å². The largest absolute Gasteiger partial charge is 0.395 e. The summed E-state index contributed by atoms with van der Waals surface area (Å²) in [6.45, 7) is -0.732. The highest BCUT2D eigenvalue weighted by molar-refractivity contribution is 6.32. The van der Waals surface area contributed by atoms with Crippen LogP contribution < -0.4 is 0 Å². The van der Waals surface area contributed by atoms with Gasteiger partial charge in [-0.1, -0.05) is 11.6 Å². The fourth-order valence-electron chi connectivity index (χ4n) is 1.50. The van der Waals surface area contributed by atoms with Crippen molar-refractivity contribution in [2.75, 3.05) is 26.3 Å². The maximum atomic E-state index is 12.1. The van der Waals surface area contributed by atoms with Gasteiger partial charge in [0, 0.05) is 19.3 Å². The Morgan fingerprint density at radius 1 is 1.42 bits per heavy atom. The molecule has 0 aromatic carbocycles. The van der Waals surface area contributed by atoms with E-state index in [1.165, 1.54) is 12.3 Å². The maximum absolute atomic E-state index is 12.1. The van der Waals surface area contributed by atoms with Crippen molar-refractivity contribution in [1.82, 2.24) is 9.88 Å². The van der Waals surface area contributed by atoms with E-state index in [9.17, 15) is 14.9 Å². The Labute approximate surface area is 113 Å². The lowest BCUT2D eigenvalue weighted by molar-refractivity contribution is -0.385. The minimum absolute atomic E-state index is 0.0451. The number of hydrogen-bond donors (Lipinski definition) is 2. The number of nitro groups is 1. The number of nitrogens with zero attached hydrogens (tertiary/aromatic N) is 3. The zero-order valence-corrected chi connectivity index (χ0v) is 10.6. The molecular weight excluding hydrogens is 278 g/mol. The minimum atomic E-state index is -0.793. The number of hydrogen-bond acceptors (Lipinski definition) is 6. The van der Waals surface area contributed by atoms with Crippen molar-refractivity contribution in [1.29, 1.82) is 0 Å². The van der Waals surface area contributed by atoms with Crippen molar-refractivity contribution in [3.63, 3.8) is 0 Å². The first-order valence-electron chi connectivity index (χ1n) is 5.32. The first-order chi connectivity index (χ1) is 9.02. The van der Waals surface area contributed by atoms with Crippen LogP contribution in [0.4, 0.5) is 5.69 Å². The van der Waals surface area contributed by atoms with E-state index in [1.54, 1.807) is 0 Å². The number of amides is 1. The van der Waals surface area contributed by atoms with Crippen LogP contribution in [-0.4, -0.2) is 57.2 Å². The molecule has 0 unspecified atom stereocenters. The third kappa shape index (κ3) is 3.60. The molecule has 0 radical (unpaired) electrons.